The average Bonchev–Trinajstić information content (AvgIpc) is 1.65. The Morgan fingerprint density at radius 3 is 2.50 bits per heavy atom. The molecule has 0 aliphatic rings. The van der Waals surface area contributed by atoms with E-state index < -0.39 is 0 Å². The fourth-order valence-corrected chi connectivity index (χ4v) is 0.0833. The molecule has 1 radical (unpaired) electrons. The van der Waals surface area contributed by atoms with Crippen LogP contribution >= 0.6 is 0 Å². The van der Waals surface area contributed by atoms with Crippen LogP contribution in [0.25, 0.3) is 0 Å². The monoisotopic (exact) mass is 79.1 g/mol. The molecule has 31 valence electrons. The minimum Gasteiger partial charge on any atom is -0.115 e. The van der Waals surface area contributed by atoms with Gasteiger partial charge in [-0.3, -0.25) is 0 Å². The van der Waals surface area contributed by atoms with E-state index in [-0.39, 0.29) is 0 Å². The van der Waals surface area contributed by atoms with E-state index >= 15 is 0 Å². The van der Waals surface area contributed by atoms with Crippen LogP contribution in [0.15, 0.2) is 11.6 Å². The van der Waals surface area contributed by atoms with Gasteiger partial charge in [-0.15, -0.1) is 6.42 Å². The molecule has 0 rings (SSSR count). The minimum atomic E-state index is 0.745. The molecule has 0 spiro atoms. The quantitative estimate of drug-likeness (QED) is 0.385. The van der Waals surface area contributed by atoms with E-state index in [2.05, 4.69) is 12.8 Å². The molecule has 0 aliphatic heterocycles. The van der Waals surface area contributed by atoms with Crippen LogP contribution in [0, 0.1) is 19.3 Å². The van der Waals surface area contributed by atoms with Crippen molar-refractivity contribution in [2.75, 3.05) is 0 Å². The Hall–Kier alpha value is -0.700. The Morgan fingerprint density at radius 2 is 2.50 bits per heavy atom. The molecular formula is C6H7. The van der Waals surface area contributed by atoms with Gasteiger partial charge < -0.3 is 0 Å². The van der Waals surface area contributed by atoms with E-state index in [1.54, 1.807) is 6.08 Å². The Bertz CT molecular complexity index is 91.1. The number of rotatable bonds is 0. The lowest BCUT2D eigenvalue weighted by molar-refractivity contribution is 1.66. The highest BCUT2D eigenvalue weighted by Gasteiger charge is 1.67. The molecule has 0 nitrogen and oxygen atoms in total. The minimum absolute atomic E-state index is 0.745. The van der Waals surface area contributed by atoms with Gasteiger partial charge in [-0.1, -0.05) is 12.0 Å². The molecule has 0 heterocycles. The molecule has 0 aromatic heterocycles. The van der Waals surface area contributed by atoms with Crippen molar-refractivity contribution < 1.29 is 0 Å². The Kier molecular flexibility index (Phi) is 2.24. The van der Waals surface area contributed by atoms with Crippen molar-refractivity contribution in [1.29, 1.82) is 0 Å². The maximum absolute atomic E-state index is 4.90. The summed E-state index contributed by atoms with van der Waals surface area (Å²) in [6, 6.07) is 0. The Balaban J connectivity index is 3.61. The summed E-state index contributed by atoms with van der Waals surface area (Å²) < 4.78 is 0. The van der Waals surface area contributed by atoms with Crippen LogP contribution in [0.1, 0.15) is 6.92 Å². The molecule has 0 amide bonds. The average molecular weight is 79.1 g/mol. The second-order valence-corrected chi connectivity index (χ2v) is 0.958. The summed E-state index contributed by atoms with van der Waals surface area (Å²) in [6.07, 6.45) is 6.69. The van der Waals surface area contributed by atoms with Crippen LogP contribution in [0.2, 0.25) is 0 Å². The van der Waals surface area contributed by atoms with Crippen LogP contribution in [-0.4, -0.2) is 0 Å². The predicted octanol–water partition coefficient (Wildman–Crippen LogP) is 1.40. The van der Waals surface area contributed by atoms with E-state index in [9.17, 15) is 0 Å². The molecule has 0 unspecified atom stereocenters. The molecule has 0 aliphatic carbocycles. The first-order chi connectivity index (χ1) is 2.81. The second kappa shape index (κ2) is 2.53. The van der Waals surface area contributed by atoms with Gasteiger partial charge in [0, 0.05) is 0 Å². The first-order valence-electron chi connectivity index (χ1n) is 1.76. The van der Waals surface area contributed by atoms with Gasteiger partial charge in [0.05, 0.1) is 0 Å². The Morgan fingerprint density at radius 1 is 2.00 bits per heavy atom. The van der Waals surface area contributed by atoms with Gasteiger partial charge in [0.15, 0.2) is 0 Å². The molecule has 0 saturated carbocycles. The van der Waals surface area contributed by atoms with Crippen molar-refractivity contribution in [3.8, 4) is 12.3 Å². The number of hydrogen-bond acceptors (Lipinski definition) is 0. The third-order valence-corrected chi connectivity index (χ3v) is 0.534. The highest BCUT2D eigenvalue weighted by atomic mass is 13.7. The largest absolute Gasteiger partial charge is 0.115 e. The SMILES string of the molecule is C#C/C([CH2])=C/C. The molecule has 0 bridgehead atoms. The summed E-state index contributed by atoms with van der Waals surface area (Å²) in [6.45, 7) is 5.36. The zero-order valence-corrected chi connectivity index (χ0v) is 3.86. The summed E-state index contributed by atoms with van der Waals surface area (Å²) >= 11 is 0. The Labute approximate surface area is 38.9 Å². The maximum Gasteiger partial charge on any atom is -0.00215 e. The van der Waals surface area contributed by atoms with Crippen molar-refractivity contribution in [1.82, 2.24) is 0 Å². The molecular weight excluding hydrogens is 72.1 g/mol. The van der Waals surface area contributed by atoms with Crippen LogP contribution in [-0.2, 0) is 0 Å². The van der Waals surface area contributed by atoms with E-state index in [4.69, 9.17) is 6.42 Å². The lowest BCUT2D eigenvalue weighted by Crippen LogP contribution is -1.59. The van der Waals surface area contributed by atoms with Crippen molar-refractivity contribution in [3.05, 3.63) is 18.6 Å². The summed E-state index contributed by atoms with van der Waals surface area (Å²) in [5.74, 6) is 2.36. The van der Waals surface area contributed by atoms with Gasteiger partial charge in [0.25, 0.3) is 0 Å². The van der Waals surface area contributed by atoms with Gasteiger partial charge in [0.1, 0.15) is 0 Å². The summed E-state index contributed by atoms with van der Waals surface area (Å²) in [5, 5.41) is 0. The third kappa shape index (κ3) is 1.60. The number of allylic oxidation sites excluding steroid dienone is 2. The van der Waals surface area contributed by atoms with Gasteiger partial charge >= 0.3 is 0 Å². The van der Waals surface area contributed by atoms with E-state index in [0.717, 1.165) is 5.57 Å². The van der Waals surface area contributed by atoms with Crippen LogP contribution < -0.4 is 0 Å². The first-order valence-corrected chi connectivity index (χ1v) is 1.76. The molecule has 0 aromatic carbocycles. The molecule has 0 N–H and O–H groups in total. The second-order valence-electron chi connectivity index (χ2n) is 0.958. The zero-order chi connectivity index (χ0) is 4.99. The highest BCUT2D eigenvalue weighted by molar-refractivity contribution is 5.26. The summed E-state index contributed by atoms with van der Waals surface area (Å²) in [5.41, 5.74) is 0.745. The van der Waals surface area contributed by atoms with Crippen molar-refractivity contribution >= 4 is 0 Å². The van der Waals surface area contributed by atoms with Crippen molar-refractivity contribution in [2.24, 2.45) is 0 Å². The lowest BCUT2D eigenvalue weighted by Gasteiger charge is -1.74. The highest BCUT2D eigenvalue weighted by Crippen LogP contribution is 1.82. The molecule has 0 saturated heterocycles. The van der Waals surface area contributed by atoms with Gasteiger partial charge in [-0.25, -0.2) is 0 Å². The zero-order valence-electron chi connectivity index (χ0n) is 3.86. The van der Waals surface area contributed by atoms with Crippen LogP contribution in [0.4, 0.5) is 0 Å². The van der Waals surface area contributed by atoms with E-state index in [0.29, 0.717) is 0 Å². The standard InChI is InChI=1S/C6H7/c1-4-6(3)5-2/h1,5H,3H2,2H3/b6-5+. The third-order valence-electron chi connectivity index (χ3n) is 0.534. The molecule has 0 fully saturated rings. The fourth-order valence-electron chi connectivity index (χ4n) is 0.0833. The van der Waals surface area contributed by atoms with Crippen LogP contribution in [0.3, 0.4) is 0 Å². The summed E-state index contributed by atoms with van der Waals surface area (Å²) in [4.78, 5) is 0. The smallest absolute Gasteiger partial charge is 0.00215 e. The first kappa shape index (κ1) is 5.30. The van der Waals surface area contributed by atoms with Gasteiger partial charge in [-0.2, -0.15) is 0 Å². The van der Waals surface area contributed by atoms with Crippen molar-refractivity contribution in [3.63, 3.8) is 0 Å². The lowest BCUT2D eigenvalue weighted by atomic mass is 10.3. The van der Waals surface area contributed by atoms with Crippen LogP contribution in [0.5, 0.6) is 0 Å². The normalized spacial score (nSPS) is 10.5. The summed E-state index contributed by atoms with van der Waals surface area (Å²) in [7, 11) is 0. The molecule has 6 heavy (non-hydrogen) atoms. The maximum atomic E-state index is 4.90. The van der Waals surface area contributed by atoms with E-state index in [1.807, 2.05) is 6.92 Å². The molecule has 0 aromatic rings. The number of hydrogen-bond donors (Lipinski definition) is 0. The number of terminal acetylenes is 1. The van der Waals surface area contributed by atoms with Gasteiger partial charge in [0.2, 0.25) is 0 Å². The predicted molar refractivity (Wildman–Crippen MR) is 27.9 cm³/mol. The van der Waals surface area contributed by atoms with Crippen molar-refractivity contribution in [2.45, 2.75) is 6.92 Å². The van der Waals surface area contributed by atoms with Gasteiger partial charge in [-0.05, 0) is 19.4 Å². The topological polar surface area (TPSA) is 0 Å². The fraction of sp³-hybridized carbons (Fsp3) is 0.167. The molecule has 0 atom stereocenters. The van der Waals surface area contributed by atoms with E-state index in [1.165, 1.54) is 0 Å². The molecule has 0 heteroatoms.